The van der Waals surface area contributed by atoms with Gasteiger partial charge in [0, 0.05) is 12.4 Å². The molecule has 3 aromatic rings. The van der Waals surface area contributed by atoms with Gasteiger partial charge in [-0.15, -0.1) is 11.3 Å². The Hall–Kier alpha value is -1.95. The molecule has 0 spiro atoms. The molecule has 0 saturated heterocycles. The zero-order chi connectivity index (χ0) is 12.0. The molecule has 0 N–H and O–H groups in total. The summed E-state index contributed by atoms with van der Waals surface area (Å²) in [5.41, 5.74) is 3.29. The van der Waals surface area contributed by atoms with Crippen LogP contribution in [0.25, 0.3) is 16.3 Å². The van der Waals surface area contributed by atoms with E-state index in [-0.39, 0.29) is 0 Å². The lowest BCUT2D eigenvalue weighted by molar-refractivity contribution is 0.111. The van der Waals surface area contributed by atoms with Crippen molar-refractivity contribution in [3.63, 3.8) is 0 Å². The molecule has 6 heteroatoms. The number of thiazole rings is 1. The number of fused-ring (bicyclic) bond motifs is 1. The number of hydrogen-bond donors (Lipinski definition) is 0. The highest BCUT2D eigenvalue weighted by molar-refractivity contribution is 7.15. The van der Waals surface area contributed by atoms with Gasteiger partial charge in [0.1, 0.15) is 5.69 Å². The molecule has 0 unspecified atom stereocenters. The van der Waals surface area contributed by atoms with Crippen molar-refractivity contribution < 1.29 is 4.79 Å². The number of aryl methyl sites for hydroxylation is 2. The summed E-state index contributed by atoms with van der Waals surface area (Å²) in [7, 11) is 1.93. The van der Waals surface area contributed by atoms with E-state index in [1.165, 1.54) is 11.3 Å². The van der Waals surface area contributed by atoms with Crippen molar-refractivity contribution in [3.8, 4) is 11.4 Å². The summed E-state index contributed by atoms with van der Waals surface area (Å²) < 4.78 is 3.80. The van der Waals surface area contributed by atoms with Crippen LogP contribution in [0.15, 0.2) is 17.9 Å². The van der Waals surface area contributed by atoms with Crippen molar-refractivity contribution in [2.24, 2.45) is 7.05 Å². The van der Waals surface area contributed by atoms with Crippen molar-refractivity contribution in [2.45, 2.75) is 6.92 Å². The van der Waals surface area contributed by atoms with Crippen LogP contribution in [0.1, 0.15) is 16.2 Å². The summed E-state index contributed by atoms with van der Waals surface area (Å²) in [5.74, 6) is 0. The third-order valence-corrected chi connectivity index (χ3v) is 3.60. The Bertz CT molecular complexity index is 706. The van der Waals surface area contributed by atoms with Gasteiger partial charge < -0.3 is 4.57 Å². The maximum atomic E-state index is 11.1. The molecule has 0 aliphatic rings. The highest BCUT2D eigenvalue weighted by atomic mass is 32.1. The minimum atomic E-state index is 0.609. The first kappa shape index (κ1) is 10.2. The SMILES string of the molecule is Cc1nc2scc(-c3cncn3C)n2c1C=O. The zero-order valence-corrected chi connectivity index (χ0v) is 10.2. The van der Waals surface area contributed by atoms with Gasteiger partial charge >= 0.3 is 0 Å². The summed E-state index contributed by atoms with van der Waals surface area (Å²) in [5, 5.41) is 1.99. The monoisotopic (exact) mass is 246 g/mol. The average Bonchev–Trinajstić information content (AvgIpc) is 2.93. The van der Waals surface area contributed by atoms with Crippen molar-refractivity contribution in [1.29, 1.82) is 0 Å². The quantitative estimate of drug-likeness (QED) is 0.649. The highest BCUT2D eigenvalue weighted by Crippen LogP contribution is 2.27. The third-order valence-electron chi connectivity index (χ3n) is 2.77. The summed E-state index contributed by atoms with van der Waals surface area (Å²) in [6.45, 7) is 1.84. The van der Waals surface area contributed by atoms with Crippen LogP contribution in [-0.2, 0) is 7.05 Å². The average molecular weight is 246 g/mol. The number of carbonyl (C=O) groups excluding carboxylic acids is 1. The Kier molecular flexibility index (Phi) is 2.12. The molecule has 0 aliphatic carbocycles. The lowest BCUT2D eigenvalue weighted by atomic mass is 10.3. The Morgan fingerprint density at radius 3 is 2.88 bits per heavy atom. The molecule has 5 nitrogen and oxygen atoms in total. The number of aldehydes is 1. The van der Waals surface area contributed by atoms with Gasteiger partial charge in [0.15, 0.2) is 11.2 Å². The molecule has 0 aromatic carbocycles. The van der Waals surface area contributed by atoms with Crippen LogP contribution in [0.3, 0.4) is 0 Å². The first-order chi connectivity index (χ1) is 8.22. The topological polar surface area (TPSA) is 52.2 Å². The number of rotatable bonds is 2. The van der Waals surface area contributed by atoms with Gasteiger partial charge in [-0.25, -0.2) is 9.97 Å². The van der Waals surface area contributed by atoms with Crippen molar-refractivity contribution >= 4 is 22.6 Å². The zero-order valence-electron chi connectivity index (χ0n) is 9.41. The fraction of sp³-hybridized carbons (Fsp3) is 0.182. The molecule has 3 rings (SSSR count). The summed E-state index contributed by atoms with van der Waals surface area (Å²) in [4.78, 5) is 20.4. The van der Waals surface area contributed by atoms with E-state index >= 15 is 0 Å². The molecule has 0 radical (unpaired) electrons. The molecule has 0 atom stereocenters. The van der Waals surface area contributed by atoms with Crippen LogP contribution in [0.2, 0.25) is 0 Å². The normalized spacial score (nSPS) is 11.2. The number of imidazole rings is 2. The van der Waals surface area contributed by atoms with Crippen LogP contribution in [0.5, 0.6) is 0 Å². The second kappa shape index (κ2) is 3.53. The van der Waals surface area contributed by atoms with Crippen LogP contribution >= 0.6 is 11.3 Å². The molecule has 0 saturated carbocycles. The number of hydrogen-bond acceptors (Lipinski definition) is 4. The van der Waals surface area contributed by atoms with Crippen LogP contribution in [-0.4, -0.2) is 25.2 Å². The fourth-order valence-electron chi connectivity index (χ4n) is 1.91. The maximum absolute atomic E-state index is 11.1. The van der Waals surface area contributed by atoms with Crippen molar-refractivity contribution in [2.75, 3.05) is 0 Å². The Balaban J connectivity index is 2.38. The van der Waals surface area contributed by atoms with Gasteiger partial charge in [-0.05, 0) is 6.92 Å². The number of carbonyl (C=O) groups is 1. The van der Waals surface area contributed by atoms with Gasteiger partial charge in [0.2, 0.25) is 0 Å². The Morgan fingerprint density at radius 2 is 2.24 bits per heavy atom. The third kappa shape index (κ3) is 1.34. The smallest absolute Gasteiger partial charge is 0.195 e. The summed E-state index contributed by atoms with van der Waals surface area (Å²) in [6.07, 6.45) is 4.37. The lowest BCUT2D eigenvalue weighted by Crippen LogP contribution is -1.96. The molecule has 0 fully saturated rings. The van der Waals surface area contributed by atoms with Crippen LogP contribution in [0.4, 0.5) is 0 Å². The van der Waals surface area contributed by atoms with Crippen molar-refractivity contribution in [1.82, 2.24) is 18.9 Å². The second-order valence-corrected chi connectivity index (χ2v) is 4.67. The Labute approximate surface area is 101 Å². The van der Waals surface area contributed by atoms with E-state index in [2.05, 4.69) is 9.97 Å². The van der Waals surface area contributed by atoms with Gasteiger partial charge in [0.05, 0.1) is 29.6 Å². The van der Waals surface area contributed by atoms with E-state index in [4.69, 9.17) is 0 Å². The highest BCUT2D eigenvalue weighted by Gasteiger charge is 2.16. The van der Waals surface area contributed by atoms with E-state index in [9.17, 15) is 4.79 Å². The standard InChI is InChI=1S/C11H10N4OS/c1-7-9(4-16)15-10(5-17-11(15)13-7)8-3-12-6-14(8)2/h3-6H,1-2H3. The number of aromatic nitrogens is 4. The maximum Gasteiger partial charge on any atom is 0.195 e. The van der Waals surface area contributed by atoms with E-state index < -0.39 is 0 Å². The largest absolute Gasteiger partial charge is 0.333 e. The van der Waals surface area contributed by atoms with Gasteiger partial charge in [-0.2, -0.15) is 0 Å². The lowest BCUT2D eigenvalue weighted by Gasteiger charge is -2.01. The molecule has 0 aliphatic heterocycles. The molecular formula is C11H10N4OS. The minimum Gasteiger partial charge on any atom is -0.333 e. The van der Waals surface area contributed by atoms with Gasteiger partial charge in [0.25, 0.3) is 0 Å². The first-order valence-corrected chi connectivity index (χ1v) is 5.98. The molecule has 86 valence electrons. The van der Waals surface area contributed by atoms with E-state index in [1.54, 1.807) is 12.5 Å². The summed E-state index contributed by atoms with van der Waals surface area (Å²) in [6, 6.07) is 0. The molecule has 3 aromatic heterocycles. The predicted octanol–water partition coefficient (Wildman–Crippen LogP) is 1.92. The van der Waals surface area contributed by atoms with Gasteiger partial charge in [-0.3, -0.25) is 9.20 Å². The molecule has 0 amide bonds. The molecule has 3 heterocycles. The molecule has 0 bridgehead atoms. The molecular weight excluding hydrogens is 236 g/mol. The molecule has 17 heavy (non-hydrogen) atoms. The van der Waals surface area contributed by atoms with E-state index in [0.717, 1.165) is 28.3 Å². The van der Waals surface area contributed by atoms with Gasteiger partial charge in [-0.1, -0.05) is 0 Å². The first-order valence-electron chi connectivity index (χ1n) is 5.11. The summed E-state index contributed by atoms with van der Waals surface area (Å²) >= 11 is 1.52. The van der Waals surface area contributed by atoms with Crippen molar-refractivity contribution in [3.05, 3.63) is 29.3 Å². The van der Waals surface area contributed by atoms with Crippen LogP contribution < -0.4 is 0 Å². The number of nitrogens with zero attached hydrogens (tertiary/aromatic N) is 4. The van der Waals surface area contributed by atoms with E-state index in [0.29, 0.717) is 5.69 Å². The minimum absolute atomic E-state index is 0.609. The second-order valence-electron chi connectivity index (χ2n) is 3.83. The van der Waals surface area contributed by atoms with E-state index in [1.807, 2.05) is 28.3 Å². The Morgan fingerprint density at radius 1 is 1.41 bits per heavy atom. The van der Waals surface area contributed by atoms with Crippen LogP contribution in [0, 0.1) is 6.92 Å². The predicted molar refractivity (Wildman–Crippen MR) is 65.4 cm³/mol. The fourth-order valence-corrected chi connectivity index (χ4v) is 2.84.